The number of pyridine rings is 1. The van der Waals surface area contributed by atoms with Crippen molar-refractivity contribution in [3.05, 3.63) is 117 Å². The van der Waals surface area contributed by atoms with Crippen LogP contribution in [-0.4, -0.2) is 62.3 Å². The molecule has 0 unspecified atom stereocenters. The molecule has 0 radical (unpaired) electrons. The number of hydrogen-bond acceptors (Lipinski definition) is 6. The van der Waals surface area contributed by atoms with Crippen LogP contribution < -0.4 is 5.56 Å². The predicted molar refractivity (Wildman–Crippen MR) is 163 cm³/mol. The maximum Gasteiger partial charge on any atom is 0.416 e. The lowest BCUT2D eigenvalue weighted by molar-refractivity contribution is -0.142. The number of benzene rings is 2. The van der Waals surface area contributed by atoms with Crippen LogP contribution in [0.25, 0.3) is 11.1 Å². The van der Waals surface area contributed by atoms with Gasteiger partial charge in [0.15, 0.2) is 6.10 Å². The molecule has 1 atom stereocenters. The smallest absolute Gasteiger partial charge is 0.378 e. The number of aromatic amines is 1. The van der Waals surface area contributed by atoms with Gasteiger partial charge in [0.25, 0.3) is 17.4 Å². The molecule has 1 aliphatic carbocycles. The normalized spacial score (nSPS) is 16.3. The van der Waals surface area contributed by atoms with Crippen LogP contribution in [0, 0.1) is 0 Å². The van der Waals surface area contributed by atoms with Gasteiger partial charge in [0, 0.05) is 38.6 Å². The Kier molecular flexibility index (Phi) is 8.01. The van der Waals surface area contributed by atoms with E-state index in [2.05, 4.69) is 9.97 Å². The number of carbonyl (C=O) groups excluding carboxylic acids is 2. The predicted octanol–water partition coefficient (Wildman–Crippen LogP) is 4.64. The number of nitrogens with zero attached hydrogens (tertiary/aromatic N) is 4. The summed E-state index contributed by atoms with van der Waals surface area (Å²) in [6.07, 6.45) is -0.785. The number of nitrogens with one attached hydrogen (secondary N) is 1. The number of alkyl halides is 3. The fourth-order valence-corrected chi connectivity index (χ4v) is 5.99. The van der Waals surface area contributed by atoms with E-state index in [0.717, 1.165) is 47.7 Å². The number of hydrogen-bond donors (Lipinski definition) is 2. The van der Waals surface area contributed by atoms with Gasteiger partial charge in [-0.15, -0.1) is 0 Å². The van der Waals surface area contributed by atoms with Gasteiger partial charge >= 0.3 is 6.18 Å². The van der Waals surface area contributed by atoms with E-state index in [1.54, 1.807) is 26.4 Å². The first kappa shape index (κ1) is 31.2. The lowest BCUT2D eigenvalue weighted by Gasteiger charge is -2.24. The summed E-state index contributed by atoms with van der Waals surface area (Å²) in [6, 6.07) is 13.7. The van der Waals surface area contributed by atoms with E-state index < -0.39 is 34.7 Å². The van der Waals surface area contributed by atoms with Crippen LogP contribution in [0.15, 0.2) is 71.8 Å². The molecule has 0 saturated heterocycles. The first-order chi connectivity index (χ1) is 21.9. The third-order valence-electron chi connectivity index (χ3n) is 8.71. The van der Waals surface area contributed by atoms with Crippen molar-refractivity contribution < 1.29 is 27.9 Å². The van der Waals surface area contributed by atoms with Gasteiger partial charge in [-0.2, -0.15) is 13.2 Å². The highest BCUT2D eigenvalue weighted by Crippen LogP contribution is 2.52. The van der Waals surface area contributed by atoms with Crippen molar-refractivity contribution >= 4 is 11.8 Å². The molecule has 1 saturated carbocycles. The first-order valence-electron chi connectivity index (χ1n) is 14.9. The fraction of sp³-hybridized carbons (Fsp3) is 0.324. The maximum atomic E-state index is 13.5. The number of rotatable bonds is 6. The van der Waals surface area contributed by atoms with Crippen molar-refractivity contribution in [2.45, 2.75) is 49.9 Å². The summed E-state index contributed by atoms with van der Waals surface area (Å²) in [6.45, 7) is 0.0842. The molecule has 2 amide bonds. The van der Waals surface area contributed by atoms with Crippen LogP contribution in [-0.2, 0) is 29.4 Å². The Bertz CT molecular complexity index is 1880. The Morgan fingerprint density at radius 1 is 1.04 bits per heavy atom. The average Bonchev–Trinajstić information content (AvgIpc) is 3.88. The second-order valence-electron chi connectivity index (χ2n) is 12.1. The lowest BCUT2D eigenvalue weighted by Crippen LogP contribution is -2.36. The monoisotopic (exact) mass is 631 g/mol. The number of aromatic nitrogens is 3. The van der Waals surface area contributed by atoms with E-state index >= 15 is 0 Å². The van der Waals surface area contributed by atoms with E-state index in [1.807, 2.05) is 24.3 Å². The second-order valence-corrected chi connectivity index (χ2v) is 12.1. The van der Waals surface area contributed by atoms with E-state index in [0.29, 0.717) is 35.5 Å². The van der Waals surface area contributed by atoms with Crippen molar-refractivity contribution in [1.29, 1.82) is 0 Å². The number of fused-ring (bicyclic) bond motifs is 1. The quantitative estimate of drug-likeness (QED) is 0.320. The Balaban J connectivity index is 1.26. The number of aliphatic hydroxyl groups excluding tert-OH is 1. The highest BCUT2D eigenvalue weighted by atomic mass is 19.4. The van der Waals surface area contributed by atoms with E-state index in [1.165, 1.54) is 22.1 Å². The summed E-state index contributed by atoms with van der Waals surface area (Å²) < 4.78 is 39.6. The summed E-state index contributed by atoms with van der Waals surface area (Å²) in [7, 11) is 3.36. The molecule has 238 valence electrons. The summed E-state index contributed by atoms with van der Waals surface area (Å²) in [5.41, 5.74) is 1.92. The van der Waals surface area contributed by atoms with Gasteiger partial charge in [-0.3, -0.25) is 19.4 Å². The molecule has 2 aliphatic rings. The summed E-state index contributed by atoms with van der Waals surface area (Å²) in [5.74, 6) is -0.398. The number of carbonyl (C=O) groups is 2. The molecule has 1 fully saturated rings. The number of aliphatic hydroxyl groups is 1. The summed E-state index contributed by atoms with van der Waals surface area (Å²) in [5, 5.41) is 10.7. The maximum absolute atomic E-state index is 13.5. The van der Waals surface area contributed by atoms with E-state index in [-0.39, 0.29) is 24.6 Å². The Morgan fingerprint density at radius 3 is 2.52 bits per heavy atom. The van der Waals surface area contributed by atoms with Crippen LogP contribution in [0.5, 0.6) is 0 Å². The number of aryl methyl sites for hydroxylation is 1. The average molecular weight is 632 g/mol. The van der Waals surface area contributed by atoms with Crippen LogP contribution in [0.1, 0.15) is 69.5 Å². The third kappa shape index (κ3) is 5.92. The number of halogens is 3. The Hall–Kier alpha value is -4.84. The minimum atomic E-state index is -4.62. The topological polar surface area (TPSA) is 119 Å². The van der Waals surface area contributed by atoms with Crippen LogP contribution >= 0.6 is 0 Å². The zero-order valence-corrected chi connectivity index (χ0v) is 25.3. The molecule has 2 N–H and O–H groups in total. The molecule has 4 aromatic rings. The van der Waals surface area contributed by atoms with Crippen molar-refractivity contribution in [3.63, 3.8) is 0 Å². The first-order valence-corrected chi connectivity index (χ1v) is 14.9. The molecule has 12 heteroatoms. The molecule has 2 aromatic heterocycles. The van der Waals surface area contributed by atoms with E-state index in [9.17, 15) is 32.7 Å². The van der Waals surface area contributed by atoms with Gasteiger partial charge in [-0.25, -0.2) is 4.98 Å². The number of amides is 2. The SMILES string of the molecule is CN(C)C(=O)c1cncc(-c2cccc(C3(c4nc5c(c(=O)[nH]4)CN(C(=O)[C@H](O)c4cccc(C(F)(F)F)c4)CCC5)CC3)c2)c1. The van der Waals surface area contributed by atoms with E-state index in [4.69, 9.17) is 4.98 Å². The van der Waals surface area contributed by atoms with Gasteiger partial charge in [0.2, 0.25) is 0 Å². The van der Waals surface area contributed by atoms with Crippen molar-refractivity contribution in [1.82, 2.24) is 24.8 Å². The lowest BCUT2D eigenvalue weighted by atomic mass is 9.91. The van der Waals surface area contributed by atoms with Gasteiger partial charge in [-0.05, 0) is 60.6 Å². The molecule has 6 rings (SSSR count). The molecule has 9 nitrogen and oxygen atoms in total. The van der Waals surface area contributed by atoms with Gasteiger partial charge in [0.05, 0.1) is 34.3 Å². The molecule has 46 heavy (non-hydrogen) atoms. The molecular weight excluding hydrogens is 599 g/mol. The van der Waals surface area contributed by atoms with Crippen molar-refractivity contribution in [2.75, 3.05) is 20.6 Å². The molecule has 1 aliphatic heterocycles. The summed E-state index contributed by atoms with van der Waals surface area (Å²) >= 11 is 0. The molecule has 0 bridgehead atoms. The standard InChI is InChI=1S/C34H32F3N5O4/c1-41(2)30(45)23-14-22(17-38-18-23)20-6-3-8-24(15-20)33(11-12-33)32-39-27-10-5-13-42(19-26(27)29(44)40-32)31(46)28(43)21-7-4-9-25(16-21)34(35,36)37/h3-4,6-9,14-18,28,43H,5,10-13,19H2,1-2H3,(H,39,40,44)/t28-/m1/s1. The van der Waals surface area contributed by atoms with Crippen molar-refractivity contribution in [3.8, 4) is 11.1 Å². The minimum Gasteiger partial charge on any atom is -0.378 e. The summed E-state index contributed by atoms with van der Waals surface area (Å²) in [4.78, 5) is 54.1. The zero-order valence-electron chi connectivity index (χ0n) is 25.3. The Morgan fingerprint density at radius 2 is 1.80 bits per heavy atom. The Labute approximate surface area is 262 Å². The largest absolute Gasteiger partial charge is 0.416 e. The zero-order chi connectivity index (χ0) is 32.8. The molecular formula is C34H32F3N5O4. The number of H-pyrrole nitrogens is 1. The molecule has 2 aromatic carbocycles. The van der Waals surface area contributed by atoms with Crippen LogP contribution in [0.4, 0.5) is 13.2 Å². The van der Waals surface area contributed by atoms with Crippen LogP contribution in [0.3, 0.4) is 0 Å². The third-order valence-corrected chi connectivity index (χ3v) is 8.71. The van der Waals surface area contributed by atoms with Gasteiger partial charge in [-0.1, -0.05) is 36.4 Å². The highest BCUT2D eigenvalue weighted by molar-refractivity contribution is 5.94. The van der Waals surface area contributed by atoms with Gasteiger partial charge in [0.1, 0.15) is 5.82 Å². The second kappa shape index (κ2) is 11.8. The van der Waals surface area contributed by atoms with Crippen molar-refractivity contribution in [2.24, 2.45) is 0 Å². The molecule has 3 heterocycles. The fourth-order valence-electron chi connectivity index (χ4n) is 5.99. The van der Waals surface area contributed by atoms with Gasteiger partial charge < -0.3 is 19.9 Å². The minimum absolute atomic E-state index is 0.121. The molecule has 0 spiro atoms. The highest BCUT2D eigenvalue weighted by Gasteiger charge is 2.49. The van der Waals surface area contributed by atoms with Crippen LogP contribution in [0.2, 0.25) is 0 Å².